The maximum absolute atomic E-state index is 4.22. The predicted molar refractivity (Wildman–Crippen MR) is 51.8 cm³/mol. The van der Waals surface area contributed by atoms with E-state index in [4.69, 9.17) is 0 Å². The SMILES string of the molecule is CCc1nc(I)ncc1Br. The van der Waals surface area contributed by atoms with E-state index in [-0.39, 0.29) is 0 Å². The summed E-state index contributed by atoms with van der Waals surface area (Å²) in [5, 5.41) is 0. The number of aromatic nitrogens is 2. The van der Waals surface area contributed by atoms with Crippen LogP contribution in [0.25, 0.3) is 0 Å². The summed E-state index contributed by atoms with van der Waals surface area (Å²) in [5.74, 6) is 0. The van der Waals surface area contributed by atoms with Gasteiger partial charge in [-0.25, -0.2) is 9.97 Å². The van der Waals surface area contributed by atoms with E-state index in [1.54, 1.807) is 6.20 Å². The Labute approximate surface area is 81.7 Å². The Morgan fingerprint density at radius 2 is 2.40 bits per heavy atom. The summed E-state index contributed by atoms with van der Waals surface area (Å²) in [5.41, 5.74) is 1.07. The Morgan fingerprint density at radius 1 is 1.70 bits per heavy atom. The topological polar surface area (TPSA) is 25.8 Å². The first-order valence-corrected chi connectivity index (χ1v) is 4.78. The zero-order valence-electron chi connectivity index (χ0n) is 5.43. The maximum atomic E-state index is 4.22. The third-order valence-electron chi connectivity index (χ3n) is 1.12. The van der Waals surface area contributed by atoms with Gasteiger partial charge in [0.05, 0.1) is 10.2 Å². The van der Waals surface area contributed by atoms with Crippen molar-refractivity contribution >= 4 is 38.5 Å². The molecule has 0 unspecified atom stereocenters. The van der Waals surface area contributed by atoms with Crippen LogP contribution >= 0.6 is 38.5 Å². The second-order valence-corrected chi connectivity index (χ2v) is 3.61. The smallest absolute Gasteiger partial charge is 0.190 e. The van der Waals surface area contributed by atoms with Gasteiger partial charge >= 0.3 is 0 Å². The molecule has 0 bridgehead atoms. The van der Waals surface area contributed by atoms with Crippen molar-refractivity contribution in [2.45, 2.75) is 13.3 Å². The number of hydrogen-bond acceptors (Lipinski definition) is 2. The molecule has 0 saturated carbocycles. The first-order valence-electron chi connectivity index (χ1n) is 2.91. The van der Waals surface area contributed by atoms with E-state index < -0.39 is 0 Å². The first-order chi connectivity index (χ1) is 4.74. The fourth-order valence-corrected chi connectivity index (χ4v) is 1.53. The van der Waals surface area contributed by atoms with Gasteiger partial charge in [-0.1, -0.05) is 6.92 Å². The van der Waals surface area contributed by atoms with Gasteiger partial charge in [-0.3, -0.25) is 0 Å². The molecule has 0 fully saturated rings. The molecule has 0 aliphatic heterocycles. The van der Waals surface area contributed by atoms with Crippen molar-refractivity contribution < 1.29 is 0 Å². The van der Waals surface area contributed by atoms with E-state index in [2.05, 4.69) is 55.4 Å². The van der Waals surface area contributed by atoms with Crippen LogP contribution < -0.4 is 0 Å². The zero-order chi connectivity index (χ0) is 7.56. The third-order valence-corrected chi connectivity index (χ3v) is 2.30. The lowest BCUT2D eigenvalue weighted by Gasteiger charge is -1.97. The molecule has 0 aliphatic carbocycles. The Morgan fingerprint density at radius 3 is 2.90 bits per heavy atom. The lowest BCUT2D eigenvalue weighted by atomic mass is 10.3. The maximum Gasteiger partial charge on any atom is 0.190 e. The van der Waals surface area contributed by atoms with E-state index in [1.165, 1.54) is 0 Å². The number of aryl methyl sites for hydroxylation is 1. The van der Waals surface area contributed by atoms with Crippen molar-refractivity contribution in [1.29, 1.82) is 0 Å². The van der Waals surface area contributed by atoms with Crippen molar-refractivity contribution in [2.24, 2.45) is 0 Å². The van der Waals surface area contributed by atoms with Crippen molar-refractivity contribution in [3.8, 4) is 0 Å². The van der Waals surface area contributed by atoms with Crippen LogP contribution in [-0.2, 0) is 6.42 Å². The van der Waals surface area contributed by atoms with E-state index in [9.17, 15) is 0 Å². The summed E-state index contributed by atoms with van der Waals surface area (Å²) in [6, 6.07) is 0. The Bertz CT molecular complexity index is 239. The molecule has 2 nitrogen and oxygen atoms in total. The number of halogens is 2. The molecule has 1 aromatic rings. The summed E-state index contributed by atoms with van der Waals surface area (Å²) in [7, 11) is 0. The first kappa shape index (κ1) is 8.39. The van der Waals surface area contributed by atoms with Crippen LogP contribution in [0.4, 0.5) is 0 Å². The van der Waals surface area contributed by atoms with E-state index in [0.717, 1.165) is 20.4 Å². The number of hydrogen-bond donors (Lipinski definition) is 0. The molecule has 4 heteroatoms. The minimum atomic E-state index is 0.803. The zero-order valence-corrected chi connectivity index (χ0v) is 9.18. The van der Waals surface area contributed by atoms with Crippen LogP contribution in [0.3, 0.4) is 0 Å². The van der Waals surface area contributed by atoms with E-state index >= 15 is 0 Å². The second kappa shape index (κ2) is 3.61. The van der Waals surface area contributed by atoms with Crippen molar-refractivity contribution in [3.63, 3.8) is 0 Å². The van der Waals surface area contributed by atoms with E-state index in [1.807, 2.05) is 0 Å². The third kappa shape index (κ3) is 1.88. The van der Waals surface area contributed by atoms with Gasteiger partial charge in [-0.2, -0.15) is 0 Å². The minimum absolute atomic E-state index is 0.803. The molecule has 10 heavy (non-hydrogen) atoms. The quantitative estimate of drug-likeness (QED) is 0.588. The highest BCUT2D eigenvalue weighted by Gasteiger charge is 1.98. The standard InChI is InChI=1S/C6H6BrIN2/c1-2-5-4(7)3-9-6(8)10-5/h3H,2H2,1H3. The molecule has 0 atom stereocenters. The molecule has 1 heterocycles. The lowest BCUT2D eigenvalue weighted by molar-refractivity contribution is 0.956. The van der Waals surface area contributed by atoms with Gasteiger partial charge in [-0.05, 0) is 22.4 Å². The van der Waals surface area contributed by atoms with Gasteiger partial charge in [0.2, 0.25) is 0 Å². The second-order valence-electron chi connectivity index (χ2n) is 1.79. The largest absolute Gasteiger partial charge is 0.230 e. The van der Waals surface area contributed by atoms with Gasteiger partial charge in [0, 0.05) is 28.8 Å². The van der Waals surface area contributed by atoms with Crippen LogP contribution in [-0.4, -0.2) is 9.97 Å². The highest BCUT2D eigenvalue weighted by atomic mass is 127. The van der Waals surface area contributed by atoms with Gasteiger partial charge in [0.15, 0.2) is 3.83 Å². The number of nitrogens with zero attached hydrogens (tertiary/aromatic N) is 2. The highest BCUT2D eigenvalue weighted by Crippen LogP contribution is 2.13. The van der Waals surface area contributed by atoms with E-state index in [0.29, 0.717) is 0 Å². The van der Waals surface area contributed by atoms with Crippen molar-refractivity contribution in [1.82, 2.24) is 9.97 Å². The van der Waals surface area contributed by atoms with Crippen molar-refractivity contribution in [2.75, 3.05) is 0 Å². The predicted octanol–water partition coefficient (Wildman–Crippen LogP) is 2.41. The summed E-state index contributed by atoms with van der Waals surface area (Å²) in [6.07, 6.45) is 2.73. The van der Waals surface area contributed by atoms with Gasteiger partial charge in [0.25, 0.3) is 0 Å². The normalized spacial score (nSPS) is 9.90. The highest BCUT2D eigenvalue weighted by molar-refractivity contribution is 14.1. The number of rotatable bonds is 1. The molecule has 1 rings (SSSR count). The fourth-order valence-electron chi connectivity index (χ4n) is 0.626. The van der Waals surface area contributed by atoms with Crippen molar-refractivity contribution in [3.05, 3.63) is 20.2 Å². The molecule has 0 N–H and O–H groups in total. The van der Waals surface area contributed by atoms with Crippen LogP contribution in [0.5, 0.6) is 0 Å². The average Bonchev–Trinajstić information content (AvgIpc) is 1.94. The van der Waals surface area contributed by atoms with Gasteiger partial charge in [-0.15, -0.1) is 0 Å². The molecular weight excluding hydrogens is 307 g/mol. The Balaban J connectivity index is 3.09. The molecule has 54 valence electrons. The lowest BCUT2D eigenvalue weighted by Crippen LogP contribution is -1.93. The summed E-state index contributed by atoms with van der Waals surface area (Å²) >= 11 is 5.46. The molecule has 0 amide bonds. The van der Waals surface area contributed by atoms with Crippen LogP contribution in [0.15, 0.2) is 10.7 Å². The molecule has 0 aliphatic rings. The molecule has 0 aromatic carbocycles. The minimum Gasteiger partial charge on any atom is -0.230 e. The monoisotopic (exact) mass is 312 g/mol. The fraction of sp³-hybridized carbons (Fsp3) is 0.333. The average molecular weight is 313 g/mol. The van der Waals surface area contributed by atoms with Crippen LogP contribution in [0, 0.1) is 3.83 Å². The Kier molecular flexibility index (Phi) is 3.03. The molecular formula is C6H6BrIN2. The Hall–Kier alpha value is 0.290. The van der Waals surface area contributed by atoms with Gasteiger partial charge in [0.1, 0.15) is 0 Å². The summed E-state index contributed by atoms with van der Waals surface area (Å²) in [6.45, 7) is 2.07. The molecule has 1 aromatic heterocycles. The van der Waals surface area contributed by atoms with Crippen LogP contribution in [0.2, 0.25) is 0 Å². The molecule has 0 radical (unpaired) electrons. The van der Waals surface area contributed by atoms with Crippen LogP contribution in [0.1, 0.15) is 12.6 Å². The van der Waals surface area contributed by atoms with Gasteiger partial charge < -0.3 is 0 Å². The summed E-state index contributed by atoms with van der Waals surface area (Å²) < 4.78 is 1.80. The molecule has 0 saturated heterocycles. The summed E-state index contributed by atoms with van der Waals surface area (Å²) in [4.78, 5) is 8.24. The molecule has 0 spiro atoms.